The van der Waals surface area contributed by atoms with Crippen molar-refractivity contribution in [3.63, 3.8) is 0 Å². The smallest absolute Gasteiger partial charge is 0.213 e. The Morgan fingerprint density at radius 2 is 1.83 bits per heavy atom. The van der Waals surface area contributed by atoms with Crippen LogP contribution in [0.25, 0.3) is 44.5 Å². The molecule has 5 rings (SSSR count). The molecule has 0 aliphatic carbocycles. The first kappa shape index (κ1) is 18.3. The highest BCUT2D eigenvalue weighted by Gasteiger charge is 2.17. The molecule has 150 valence electrons. The standard InChI is InChI=1S/C23H22N6O/c1-23(2,3)29-13-26-18-6-5-14(9-20(18)29)17-12-25-22-16(17)11-19(27-28-22)15-7-8-24-21(10-15)30-4/h5-13H,1-4H3,(H,25,28). The quantitative estimate of drug-likeness (QED) is 0.472. The van der Waals surface area contributed by atoms with Crippen LogP contribution in [0.15, 0.2) is 55.1 Å². The number of hydrogen-bond acceptors (Lipinski definition) is 5. The van der Waals surface area contributed by atoms with E-state index < -0.39 is 0 Å². The number of methoxy groups -OCH3 is 1. The maximum Gasteiger partial charge on any atom is 0.213 e. The average Bonchev–Trinajstić information content (AvgIpc) is 3.36. The highest BCUT2D eigenvalue weighted by molar-refractivity contribution is 5.97. The van der Waals surface area contributed by atoms with Crippen molar-refractivity contribution >= 4 is 22.1 Å². The lowest BCUT2D eigenvalue weighted by atomic mass is 10.0. The summed E-state index contributed by atoms with van der Waals surface area (Å²) in [7, 11) is 1.60. The van der Waals surface area contributed by atoms with E-state index in [1.165, 1.54) is 0 Å². The van der Waals surface area contributed by atoms with Gasteiger partial charge in [-0.3, -0.25) is 0 Å². The number of pyridine rings is 1. The number of nitrogens with zero attached hydrogens (tertiary/aromatic N) is 5. The van der Waals surface area contributed by atoms with Gasteiger partial charge in [-0.25, -0.2) is 9.97 Å². The van der Waals surface area contributed by atoms with Crippen LogP contribution in [0, 0.1) is 0 Å². The second kappa shape index (κ2) is 6.66. The van der Waals surface area contributed by atoms with Gasteiger partial charge >= 0.3 is 0 Å². The zero-order valence-electron chi connectivity index (χ0n) is 17.3. The lowest BCUT2D eigenvalue weighted by molar-refractivity contribution is 0.398. The van der Waals surface area contributed by atoms with Gasteiger partial charge in [-0.2, -0.15) is 0 Å². The number of aromatic nitrogens is 6. The largest absolute Gasteiger partial charge is 0.481 e. The average molecular weight is 398 g/mol. The maximum atomic E-state index is 5.24. The number of ether oxygens (including phenoxy) is 1. The van der Waals surface area contributed by atoms with Gasteiger partial charge in [0.25, 0.3) is 0 Å². The summed E-state index contributed by atoms with van der Waals surface area (Å²) >= 11 is 0. The second-order valence-corrected chi connectivity index (χ2v) is 8.27. The van der Waals surface area contributed by atoms with E-state index in [-0.39, 0.29) is 5.54 Å². The Bertz CT molecular complexity index is 1380. The second-order valence-electron chi connectivity index (χ2n) is 8.27. The third-order valence-electron chi connectivity index (χ3n) is 5.26. The number of fused-ring (bicyclic) bond motifs is 2. The Labute approximate surface area is 173 Å². The number of hydrogen-bond donors (Lipinski definition) is 1. The lowest BCUT2D eigenvalue weighted by Gasteiger charge is -2.21. The number of benzene rings is 1. The molecule has 0 unspecified atom stereocenters. The maximum absolute atomic E-state index is 5.24. The van der Waals surface area contributed by atoms with Crippen LogP contribution in [-0.4, -0.2) is 36.8 Å². The van der Waals surface area contributed by atoms with Crippen LogP contribution in [0.1, 0.15) is 20.8 Å². The van der Waals surface area contributed by atoms with Crippen LogP contribution in [-0.2, 0) is 5.54 Å². The minimum absolute atomic E-state index is 0.0490. The minimum Gasteiger partial charge on any atom is -0.481 e. The predicted molar refractivity (Wildman–Crippen MR) is 117 cm³/mol. The first-order valence-corrected chi connectivity index (χ1v) is 9.77. The monoisotopic (exact) mass is 398 g/mol. The molecule has 5 aromatic rings. The number of aromatic amines is 1. The topological polar surface area (TPSA) is 81.5 Å². The van der Waals surface area contributed by atoms with E-state index in [9.17, 15) is 0 Å². The fourth-order valence-electron chi connectivity index (χ4n) is 3.69. The van der Waals surface area contributed by atoms with E-state index in [2.05, 4.69) is 68.7 Å². The highest BCUT2D eigenvalue weighted by Crippen LogP contribution is 2.33. The molecule has 1 aromatic carbocycles. The first-order chi connectivity index (χ1) is 14.4. The molecule has 0 radical (unpaired) electrons. The fourth-order valence-corrected chi connectivity index (χ4v) is 3.69. The first-order valence-electron chi connectivity index (χ1n) is 9.77. The van der Waals surface area contributed by atoms with Crippen LogP contribution >= 0.6 is 0 Å². The van der Waals surface area contributed by atoms with E-state index in [0.29, 0.717) is 5.88 Å². The Morgan fingerprint density at radius 3 is 2.63 bits per heavy atom. The van der Waals surface area contributed by atoms with Crippen LogP contribution in [0.3, 0.4) is 0 Å². The number of H-pyrrole nitrogens is 1. The van der Waals surface area contributed by atoms with Crippen molar-refractivity contribution in [3.05, 3.63) is 55.1 Å². The summed E-state index contributed by atoms with van der Waals surface area (Å²) in [5, 5.41) is 9.76. The van der Waals surface area contributed by atoms with Crippen LogP contribution in [0.5, 0.6) is 5.88 Å². The van der Waals surface area contributed by atoms with Gasteiger partial charge in [0.2, 0.25) is 5.88 Å². The molecule has 4 aromatic heterocycles. The van der Waals surface area contributed by atoms with E-state index in [0.717, 1.165) is 44.5 Å². The van der Waals surface area contributed by atoms with Crippen molar-refractivity contribution in [1.82, 2.24) is 29.7 Å². The number of rotatable bonds is 3. The van der Waals surface area contributed by atoms with E-state index in [1.54, 1.807) is 13.3 Å². The van der Waals surface area contributed by atoms with Crippen LogP contribution in [0.2, 0.25) is 0 Å². The molecular weight excluding hydrogens is 376 g/mol. The summed E-state index contributed by atoms with van der Waals surface area (Å²) in [5.74, 6) is 0.546. The van der Waals surface area contributed by atoms with Gasteiger partial charge in [-0.15, -0.1) is 10.2 Å². The van der Waals surface area contributed by atoms with Gasteiger partial charge in [0, 0.05) is 40.5 Å². The Kier molecular flexibility index (Phi) is 4.06. The van der Waals surface area contributed by atoms with Crippen LogP contribution < -0.4 is 4.74 Å². The predicted octanol–water partition coefficient (Wildman–Crippen LogP) is 4.80. The van der Waals surface area contributed by atoms with Crippen LogP contribution in [0.4, 0.5) is 0 Å². The molecule has 30 heavy (non-hydrogen) atoms. The summed E-state index contributed by atoms with van der Waals surface area (Å²) in [4.78, 5) is 12.0. The van der Waals surface area contributed by atoms with Gasteiger partial charge in [-0.05, 0) is 50.6 Å². The molecule has 1 N–H and O–H groups in total. The van der Waals surface area contributed by atoms with E-state index >= 15 is 0 Å². The molecular formula is C23H22N6O. The van der Waals surface area contributed by atoms with Gasteiger partial charge in [0.1, 0.15) is 0 Å². The summed E-state index contributed by atoms with van der Waals surface area (Å²) in [6.07, 6.45) is 5.60. The molecule has 7 nitrogen and oxygen atoms in total. The van der Waals surface area contributed by atoms with E-state index in [4.69, 9.17) is 4.74 Å². The normalized spacial score (nSPS) is 12.0. The third-order valence-corrected chi connectivity index (χ3v) is 5.26. The third kappa shape index (κ3) is 2.99. The Balaban J connectivity index is 1.66. The van der Waals surface area contributed by atoms with Crippen molar-refractivity contribution in [3.8, 4) is 28.3 Å². The lowest BCUT2D eigenvalue weighted by Crippen LogP contribution is -2.20. The summed E-state index contributed by atoms with van der Waals surface area (Å²) in [6.45, 7) is 6.53. The van der Waals surface area contributed by atoms with Crippen molar-refractivity contribution < 1.29 is 4.74 Å². The SMILES string of the molecule is COc1cc(-c2cc3c(-c4ccc5ncn(C(C)(C)C)c5c4)c[nH]c3nn2)ccn1. The number of nitrogens with one attached hydrogen (secondary N) is 1. The molecule has 0 amide bonds. The minimum atomic E-state index is -0.0490. The molecule has 0 saturated carbocycles. The van der Waals surface area contributed by atoms with Crippen molar-refractivity contribution in [2.24, 2.45) is 0 Å². The molecule has 0 atom stereocenters. The molecule has 0 spiro atoms. The van der Waals surface area contributed by atoms with Gasteiger partial charge in [-0.1, -0.05) is 6.07 Å². The summed E-state index contributed by atoms with van der Waals surface area (Å²) in [5.41, 5.74) is 6.64. The number of imidazole rings is 1. The van der Waals surface area contributed by atoms with Crippen molar-refractivity contribution in [1.29, 1.82) is 0 Å². The highest BCUT2D eigenvalue weighted by atomic mass is 16.5. The zero-order valence-corrected chi connectivity index (χ0v) is 17.3. The van der Waals surface area contributed by atoms with Crippen molar-refractivity contribution in [2.45, 2.75) is 26.3 Å². The molecule has 7 heteroatoms. The van der Waals surface area contributed by atoms with Gasteiger partial charge < -0.3 is 14.3 Å². The summed E-state index contributed by atoms with van der Waals surface area (Å²) in [6, 6.07) is 12.2. The fraction of sp³-hybridized carbons (Fsp3) is 0.217. The van der Waals surface area contributed by atoms with E-state index in [1.807, 2.05) is 30.7 Å². The van der Waals surface area contributed by atoms with Gasteiger partial charge in [0.05, 0.1) is 30.2 Å². The molecule has 0 bridgehead atoms. The molecule has 0 fully saturated rings. The zero-order chi connectivity index (χ0) is 20.9. The Morgan fingerprint density at radius 1 is 0.967 bits per heavy atom. The summed E-state index contributed by atoms with van der Waals surface area (Å²) < 4.78 is 7.44. The molecule has 0 saturated heterocycles. The molecule has 4 heterocycles. The Hall–Kier alpha value is -3.74. The molecule has 0 aliphatic heterocycles. The van der Waals surface area contributed by atoms with Crippen molar-refractivity contribution in [2.75, 3.05) is 7.11 Å². The molecule has 0 aliphatic rings. The van der Waals surface area contributed by atoms with Gasteiger partial charge in [0.15, 0.2) is 5.65 Å².